The molecule has 4 nitrogen and oxygen atoms in total. The summed E-state index contributed by atoms with van der Waals surface area (Å²) in [5.41, 5.74) is 11.3. The highest BCUT2D eigenvalue weighted by Crippen LogP contribution is 2.43. The zero-order valence-electron chi connectivity index (χ0n) is 12.5. The summed E-state index contributed by atoms with van der Waals surface area (Å²) in [6.45, 7) is 6.53. The Morgan fingerprint density at radius 2 is 1.95 bits per heavy atom. The van der Waals surface area contributed by atoms with E-state index in [1.165, 1.54) is 29.5 Å². The number of benzene rings is 1. The highest BCUT2D eigenvalue weighted by Gasteiger charge is 2.26. The molecule has 0 unspecified atom stereocenters. The van der Waals surface area contributed by atoms with E-state index in [1.54, 1.807) is 0 Å². The lowest BCUT2D eigenvalue weighted by molar-refractivity contribution is 0.801. The lowest BCUT2D eigenvalue weighted by Crippen LogP contribution is -2.08. The summed E-state index contributed by atoms with van der Waals surface area (Å²) < 4.78 is 2.00. The van der Waals surface area contributed by atoms with Gasteiger partial charge in [-0.2, -0.15) is 0 Å². The summed E-state index contributed by atoms with van der Waals surface area (Å²) in [5, 5.41) is 8.25. The molecule has 0 saturated heterocycles. The largest absolute Gasteiger partial charge is 0.368 e. The van der Waals surface area contributed by atoms with Crippen LogP contribution in [0.3, 0.4) is 0 Å². The zero-order valence-corrected chi connectivity index (χ0v) is 12.5. The highest BCUT2D eigenvalue weighted by atomic mass is 15.3. The Bertz CT molecular complexity index is 638. The van der Waals surface area contributed by atoms with Crippen molar-refractivity contribution < 1.29 is 0 Å². The van der Waals surface area contributed by atoms with E-state index in [0.717, 1.165) is 30.3 Å². The van der Waals surface area contributed by atoms with Crippen LogP contribution < -0.4 is 5.73 Å². The molecule has 2 N–H and O–H groups in total. The fourth-order valence-corrected chi connectivity index (χ4v) is 2.88. The van der Waals surface area contributed by atoms with E-state index >= 15 is 0 Å². The number of aryl methyl sites for hydroxylation is 1. The predicted molar refractivity (Wildman–Crippen MR) is 81.2 cm³/mol. The summed E-state index contributed by atoms with van der Waals surface area (Å²) in [6.07, 6.45) is 4.59. The fourth-order valence-electron chi connectivity index (χ4n) is 2.88. The lowest BCUT2D eigenvalue weighted by Gasteiger charge is -2.16. The normalized spacial score (nSPS) is 14.8. The Morgan fingerprint density at radius 1 is 1.20 bits per heavy atom. The zero-order chi connectivity index (χ0) is 14.3. The quantitative estimate of drug-likeness (QED) is 0.927. The number of nitrogens with two attached hydrogens (primary N) is 1. The summed E-state index contributed by atoms with van der Waals surface area (Å²) in [7, 11) is 0. The molecule has 1 aromatic heterocycles. The topological polar surface area (TPSA) is 56.7 Å². The van der Waals surface area contributed by atoms with Gasteiger partial charge in [-0.05, 0) is 61.8 Å². The first-order chi connectivity index (χ1) is 9.63. The second-order valence-electron chi connectivity index (χ2n) is 5.76. The molecule has 0 spiro atoms. The Balaban J connectivity index is 2.10. The molecule has 3 rings (SSSR count). The van der Waals surface area contributed by atoms with Crippen LogP contribution in [0.2, 0.25) is 0 Å². The molecule has 0 amide bonds. The van der Waals surface area contributed by atoms with Crippen LogP contribution in [0.4, 0.5) is 5.95 Å². The monoisotopic (exact) mass is 270 g/mol. The van der Waals surface area contributed by atoms with Gasteiger partial charge in [-0.15, -0.1) is 10.2 Å². The second kappa shape index (κ2) is 4.93. The van der Waals surface area contributed by atoms with Crippen LogP contribution in [-0.4, -0.2) is 14.8 Å². The van der Waals surface area contributed by atoms with E-state index in [2.05, 4.69) is 43.1 Å². The molecule has 2 aromatic rings. The smallest absolute Gasteiger partial charge is 0.226 e. The number of hydrogen-bond donors (Lipinski definition) is 1. The van der Waals surface area contributed by atoms with Crippen molar-refractivity contribution in [3.8, 4) is 5.69 Å². The second-order valence-corrected chi connectivity index (χ2v) is 5.76. The van der Waals surface area contributed by atoms with Gasteiger partial charge in [0.2, 0.25) is 5.95 Å². The van der Waals surface area contributed by atoms with Crippen molar-refractivity contribution in [1.29, 1.82) is 0 Å². The average Bonchev–Trinajstić information content (AvgIpc) is 3.20. The van der Waals surface area contributed by atoms with Gasteiger partial charge in [0.1, 0.15) is 5.82 Å². The van der Waals surface area contributed by atoms with Crippen LogP contribution in [0.1, 0.15) is 54.6 Å². The van der Waals surface area contributed by atoms with Gasteiger partial charge in [-0.3, -0.25) is 4.57 Å². The molecule has 1 heterocycles. The van der Waals surface area contributed by atoms with Gasteiger partial charge in [-0.1, -0.05) is 13.0 Å². The van der Waals surface area contributed by atoms with E-state index in [4.69, 9.17) is 5.73 Å². The maximum Gasteiger partial charge on any atom is 0.226 e. The number of anilines is 1. The van der Waals surface area contributed by atoms with Gasteiger partial charge in [-0.25, -0.2) is 0 Å². The Labute approximate surface area is 120 Å². The van der Waals surface area contributed by atoms with Crippen LogP contribution in [0.25, 0.3) is 5.69 Å². The van der Waals surface area contributed by atoms with E-state index in [1.807, 2.05) is 4.57 Å². The lowest BCUT2D eigenvalue weighted by atomic mass is 9.98. The molecule has 0 aliphatic heterocycles. The average molecular weight is 270 g/mol. The molecule has 1 aliphatic carbocycles. The SMILES string of the molecule is CCCc1nnc(N)n1-c1ccc(C2CC2)c(C)c1C. The van der Waals surface area contributed by atoms with Crippen LogP contribution in [0.15, 0.2) is 12.1 Å². The molecule has 106 valence electrons. The molecule has 20 heavy (non-hydrogen) atoms. The highest BCUT2D eigenvalue weighted by molar-refractivity contribution is 5.53. The Kier molecular flexibility index (Phi) is 3.24. The van der Waals surface area contributed by atoms with Crippen LogP contribution in [0.5, 0.6) is 0 Å². The first-order valence-corrected chi connectivity index (χ1v) is 7.43. The molecular weight excluding hydrogens is 248 g/mol. The molecule has 0 bridgehead atoms. The summed E-state index contributed by atoms with van der Waals surface area (Å²) >= 11 is 0. The molecule has 1 saturated carbocycles. The third-order valence-corrected chi connectivity index (χ3v) is 4.29. The van der Waals surface area contributed by atoms with Crippen LogP contribution >= 0.6 is 0 Å². The van der Waals surface area contributed by atoms with Crippen molar-refractivity contribution in [2.75, 3.05) is 5.73 Å². The van der Waals surface area contributed by atoms with Gasteiger partial charge >= 0.3 is 0 Å². The number of aromatic nitrogens is 3. The van der Waals surface area contributed by atoms with Gasteiger partial charge in [0.05, 0.1) is 5.69 Å². The van der Waals surface area contributed by atoms with Gasteiger partial charge in [0, 0.05) is 6.42 Å². The Hall–Kier alpha value is -1.84. The van der Waals surface area contributed by atoms with Crippen molar-refractivity contribution in [3.63, 3.8) is 0 Å². The van der Waals surface area contributed by atoms with Crippen molar-refractivity contribution in [2.45, 2.75) is 52.4 Å². The van der Waals surface area contributed by atoms with E-state index in [0.29, 0.717) is 5.95 Å². The molecule has 1 aliphatic rings. The minimum Gasteiger partial charge on any atom is -0.368 e. The molecule has 1 fully saturated rings. The molecule has 0 radical (unpaired) electrons. The molecular formula is C16H22N4. The minimum atomic E-state index is 0.482. The maximum atomic E-state index is 6.02. The van der Waals surface area contributed by atoms with E-state index < -0.39 is 0 Å². The molecule has 0 atom stereocenters. The first kappa shape index (κ1) is 13.2. The maximum absolute atomic E-state index is 6.02. The minimum absolute atomic E-state index is 0.482. The van der Waals surface area contributed by atoms with Crippen LogP contribution in [-0.2, 0) is 6.42 Å². The van der Waals surface area contributed by atoms with Gasteiger partial charge in [0.25, 0.3) is 0 Å². The predicted octanol–water partition coefficient (Wildman–Crippen LogP) is 3.30. The van der Waals surface area contributed by atoms with Crippen molar-refractivity contribution in [2.24, 2.45) is 0 Å². The van der Waals surface area contributed by atoms with E-state index in [9.17, 15) is 0 Å². The van der Waals surface area contributed by atoms with Gasteiger partial charge in [0.15, 0.2) is 0 Å². The summed E-state index contributed by atoms with van der Waals surface area (Å²) in [4.78, 5) is 0. The van der Waals surface area contributed by atoms with E-state index in [-0.39, 0.29) is 0 Å². The number of rotatable bonds is 4. The van der Waals surface area contributed by atoms with Crippen molar-refractivity contribution in [1.82, 2.24) is 14.8 Å². The number of hydrogen-bond acceptors (Lipinski definition) is 3. The number of nitrogens with zero attached hydrogens (tertiary/aromatic N) is 3. The molecule has 1 aromatic carbocycles. The standard InChI is InChI=1S/C16H22N4/c1-4-5-15-18-19-16(17)20(15)14-9-8-13(12-6-7-12)10(2)11(14)3/h8-9,12H,4-7H2,1-3H3,(H2,17,19). The Morgan fingerprint density at radius 3 is 2.60 bits per heavy atom. The third kappa shape index (κ3) is 2.09. The van der Waals surface area contributed by atoms with Crippen LogP contribution in [0, 0.1) is 13.8 Å². The number of nitrogen functional groups attached to an aromatic ring is 1. The first-order valence-electron chi connectivity index (χ1n) is 7.43. The van der Waals surface area contributed by atoms with Gasteiger partial charge < -0.3 is 5.73 Å². The van der Waals surface area contributed by atoms with Crippen molar-refractivity contribution >= 4 is 5.95 Å². The summed E-state index contributed by atoms with van der Waals surface area (Å²) in [6, 6.07) is 4.43. The van der Waals surface area contributed by atoms with Crippen molar-refractivity contribution in [3.05, 3.63) is 34.6 Å². The molecule has 4 heteroatoms. The fraction of sp³-hybridized carbons (Fsp3) is 0.500. The summed E-state index contributed by atoms with van der Waals surface area (Å²) in [5.74, 6) is 2.21. The third-order valence-electron chi connectivity index (χ3n) is 4.29.